The third-order valence-electron chi connectivity index (χ3n) is 6.08. The van der Waals surface area contributed by atoms with Crippen LogP contribution in [0.3, 0.4) is 0 Å². The van der Waals surface area contributed by atoms with Gasteiger partial charge in [0.2, 0.25) is 0 Å². The highest BCUT2D eigenvalue weighted by molar-refractivity contribution is 9.10. The smallest absolute Gasteiger partial charge is 0.264 e. The first-order chi connectivity index (χ1) is 15.3. The Morgan fingerprint density at radius 1 is 1.03 bits per heavy atom. The van der Waals surface area contributed by atoms with Gasteiger partial charge in [0, 0.05) is 22.1 Å². The summed E-state index contributed by atoms with van der Waals surface area (Å²) in [5.74, 6) is -0.345. The molecule has 4 rings (SSSR count). The SMILES string of the molecule is CC(C)c1ccc(C(=O)C[C@]2(O)C(=O)N(CCc3ccccc3)c3ccc(Br)cc32)cc1. The fraction of sp³-hybridized carbons (Fsp3) is 0.259. The standard InChI is InChI=1S/C27H26BrNO3/c1-18(2)20-8-10-21(11-9-20)25(30)17-27(32)23-16-22(28)12-13-24(23)29(26(27)31)15-14-19-6-4-3-5-7-19/h3-13,16,18,32H,14-15,17H2,1-2H3/t27-/m1/s1. The number of anilines is 1. The van der Waals surface area contributed by atoms with E-state index in [1.54, 1.807) is 23.1 Å². The summed E-state index contributed by atoms with van der Waals surface area (Å²) in [4.78, 5) is 28.1. The minimum atomic E-state index is -1.89. The van der Waals surface area contributed by atoms with E-state index in [4.69, 9.17) is 0 Å². The highest BCUT2D eigenvalue weighted by atomic mass is 79.9. The number of carbonyl (C=O) groups is 2. The van der Waals surface area contributed by atoms with Gasteiger partial charge < -0.3 is 10.0 Å². The molecule has 5 heteroatoms. The topological polar surface area (TPSA) is 57.6 Å². The van der Waals surface area contributed by atoms with Gasteiger partial charge in [-0.15, -0.1) is 0 Å². The van der Waals surface area contributed by atoms with Crippen LogP contribution in [0.4, 0.5) is 5.69 Å². The van der Waals surface area contributed by atoms with Gasteiger partial charge in [-0.2, -0.15) is 0 Å². The Balaban J connectivity index is 1.61. The van der Waals surface area contributed by atoms with Crippen molar-refractivity contribution in [2.75, 3.05) is 11.4 Å². The van der Waals surface area contributed by atoms with Gasteiger partial charge in [-0.3, -0.25) is 9.59 Å². The molecule has 0 unspecified atom stereocenters. The van der Waals surface area contributed by atoms with E-state index < -0.39 is 11.5 Å². The van der Waals surface area contributed by atoms with Crippen molar-refractivity contribution in [2.24, 2.45) is 0 Å². The van der Waals surface area contributed by atoms with Crippen LogP contribution in [0.1, 0.15) is 53.2 Å². The first-order valence-corrected chi connectivity index (χ1v) is 11.6. The lowest BCUT2D eigenvalue weighted by molar-refractivity contribution is -0.135. The fourth-order valence-corrected chi connectivity index (χ4v) is 4.55. The van der Waals surface area contributed by atoms with Gasteiger partial charge in [0.15, 0.2) is 11.4 Å². The largest absolute Gasteiger partial charge is 0.375 e. The highest BCUT2D eigenvalue weighted by Crippen LogP contribution is 2.44. The van der Waals surface area contributed by atoms with Crippen molar-refractivity contribution in [3.05, 3.63) is 99.5 Å². The highest BCUT2D eigenvalue weighted by Gasteiger charge is 2.50. The third kappa shape index (κ3) is 4.27. The van der Waals surface area contributed by atoms with Crippen molar-refractivity contribution in [3.63, 3.8) is 0 Å². The molecule has 1 atom stereocenters. The number of halogens is 1. The molecule has 0 saturated carbocycles. The second-order valence-electron chi connectivity index (χ2n) is 8.59. The fourth-order valence-electron chi connectivity index (χ4n) is 4.19. The molecule has 0 spiro atoms. The number of fused-ring (bicyclic) bond motifs is 1. The minimum Gasteiger partial charge on any atom is -0.375 e. The lowest BCUT2D eigenvalue weighted by atomic mass is 9.87. The predicted octanol–water partition coefficient (Wildman–Crippen LogP) is 5.62. The minimum absolute atomic E-state index is 0.257. The molecule has 4 nitrogen and oxygen atoms in total. The Bertz CT molecular complexity index is 1140. The van der Waals surface area contributed by atoms with Gasteiger partial charge in [0.05, 0.1) is 12.1 Å². The maximum absolute atomic E-state index is 13.4. The van der Waals surface area contributed by atoms with Gasteiger partial charge in [0.1, 0.15) is 0 Å². The van der Waals surface area contributed by atoms with Crippen molar-refractivity contribution in [3.8, 4) is 0 Å². The molecule has 1 heterocycles. The molecule has 1 N–H and O–H groups in total. The summed E-state index contributed by atoms with van der Waals surface area (Å²) in [6.07, 6.45) is 0.362. The molecule has 3 aromatic rings. The molecule has 164 valence electrons. The van der Waals surface area contributed by atoms with Gasteiger partial charge in [-0.25, -0.2) is 0 Å². The number of carbonyl (C=O) groups excluding carboxylic acids is 2. The zero-order valence-electron chi connectivity index (χ0n) is 18.2. The molecule has 0 saturated heterocycles. The number of amides is 1. The van der Waals surface area contributed by atoms with Crippen LogP contribution >= 0.6 is 15.9 Å². The third-order valence-corrected chi connectivity index (χ3v) is 6.57. The molecule has 0 radical (unpaired) electrons. The van der Waals surface area contributed by atoms with Crippen LogP contribution in [0.2, 0.25) is 0 Å². The second-order valence-corrected chi connectivity index (χ2v) is 9.51. The number of Topliss-reactive ketones (excluding diaryl/α,β-unsaturated/α-hetero) is 1. The van der Waals surface area contributed by atoms with E-state index in [1.165, 1.54) is 0 Å². The van der Waals surface area contributed by atoms with Crippen LogP contribution in [0.15, 0.2) is 77.3 Å². The molecule has 0 aromatic heterocycles. The summed E-state index contributed by atoms with van der Waals surface area (Å²) in [6.45, 7) is 4.61. The van der Waals surface area contributed by atoms with E-state index in [9.17, 15) is 14.7 Å². The summed E-state index contributed by atoms with van der Waals surface area (Å²) >= 11 is 3.44. The van der Waals surface area contributed by atoms with E-state index in [2.05, 4.69) is 29.8 Å². The zero-order valence-corrected chi connectivity index (χ0v) is 19.8. The van der Waals surface area contributed by atoms with Crippen molar-refractivity contribution >= 4 is 33.3 Å². The number of hydrogen-bond donors (Lipinski definition) is 1. The summed E-state index contributed by atoms with van der Waals surface area (Å²) < 4.78 is 0.751. The number of nitrogens with zero attached hydrogens (tertiary/aromatic N) is 1. The summed E-state index contributed by atoms with van der Waals surface area (Å²) in [6, 6.07) is 22.7. The molecular formula is C27H26BrNO3. The maximum Gasteiger partial charge on any atom is 0.264 e. The second kappa shape index (κ2) is 9.00. The molecule has 0 bridgehead atoms. The van der Waals surface area contributed by atoms with Crippen molar-refractivity contribution < 1.29 is 14.7 Å². The Hall–Kier alpha value is -2.76. The van der Waals surface area contributed by atoms with E-state index in [-0.39, 0.29) is 12.2 Å². The Morgan fingerprint density at radius 2 is 1.72 bits per heavy atom. The average molecular weight is 492 g/mol. The molecule has 3 aromatic carbocycles. The summed E-state index contributed by atoms with van der Waals surface area (Å²) in [5, 5.41) is 11.5. The van der Waals surface area contributed by atoms with Crippen LogP contribution in [0.5, 0.6) is 0 Å². The van der Waals surface area contributed by atoms with E-state index in [0.717, 1.165) is 15.6 Å². The monoisotopic (exact) mass is 491 g/mol. The quantitative estimate of drug-likeness (QED) is 0.436. The molecule has 1 aliphatic heterocycles. The first kappa shape index (κ1) is 22.4. The summed E-state index contributed by atoms with van der Waals surface area (Å²) in [5.41, 5.74) is 1.98. The number of rotatable bonds is 7. The van der Waals surface area contributed by atoms with Crippen LogP contribution in [0.25, 0.3) is 0 Å². The van der Waals surface area contributed by atoms with Crippen LogP contribution in [-0.2, 0) is 16.8 Å². The molecule has 1 amide bonds. The van der Waals surface area contributed by atoms with Crippen LogP contribution in [0, 0.1) is 0 Å². The number of benzene rings is 3. The lowest BCUT2D eigenvalue weighted by Gasteiger charge is -2.23. The molecule has 32 heavy (non-hydrogen) atoms. The van der Waals surface area contributed by atoms with E-state index in [0.29, 0.717) is 35.7 Å². The van der Waals surface area contributed by atoms with Gasteiger partial charge in [-0.1, -0.05) is 84.4 Å². The predicted molar refractivity (Wildman–Crippen MR) is 130 cm³/mol. The number of ketones is 1. The maximum atomic E-state index is 13.4. The molecule has 0 fully saturated rings. The summed E-state index contributed by atoms with van der Waals surface area (Å²) in [7, 11) is 0. The first-order valence-electron chi connectivity index (χ1n) is 10.8. The van der Waals surface area contributed by atoms with Gasteiger partial charge in [0.25, 0.3) is 5.91 Å². The molecule has 0 aliphatic carbocycles. The van der Waals surface area contributed by atoms with Crippen molar-refractivity contribution in [1.82, 2.24) is 0 Å². The van der Waals surface area contributed by atoms with Crippen LogP contribution < -0.4 is 4.90 Å². The average Bonchev–Trinajstić information content (AvgIpc) is 2.99. The lowest BCUT2D eigenvalue weighted by Crippen LogP contribution is -2.42. The van der Waals surface area contributed by atoms with Gasteiger partial charge in [-0.05, 0) is 41.7 Å². The van der Waals surface area contributed by atoms with Gasteiger partial charge >= 0.3 is 0 Å². The van der Waals surface area contributed by atoms with Crippen molar-refractivity contribution in [2.45, 2.75) is 38.2 Å². The van der Waals surface area contributed by atoms with Crippen LogP contribution in [-0.4, -0.2) is 23.3 Å². The zero-order chi connectivity index (χ0) is 22.9. The Morgan fingerprint density at radius 3 is 2.38 bits per heavy atom. The number of hydrogen-bond acceptors (Lipinski definition) is 3. The van der Waals surface area contributed by atoms with Crippen molar-refractivity contribution in [1.29, 1.82) is 0 Å². The molecular weight excluding hydrogens is 466 g/mol. The molecule has 1 aliphatic rings. The Kier molecular flexibility index (Phi) is 6.31. The van der Waals surface area contributed by atoms with E-state index in [1.807, 2.05) is 54.6 Å². The normalized spacial score (nSPS) is 17.7. The number of aliphatic hydroxyl groups is 1. The van der Waals surface area contributed by atoms with E-state index >= 15 is 0 Å². The Labute approximate surface area is 197 Å².